The summed E-state index contributed by atoms with van der Waals surface area (Å²) in [7, 11) is 1.54. The van der Waals surface area contributed by atoms with Crippen LogP contribution in [0.4, 0.5) is 4.79 Å². The molecule has 0 radical (unpaired) electrons. The number of primary amides is 1. The summed E-state index contributed by atoms with van der Waals surface area (Å²) in [5.41, 5.74) is 7.77. The third-order valence-corrected chi connectivity index (χ3v) is 3.57. The predicted molar refractivity (Wildman–Crippen MR) is 98.4 cm³/mol. The second-order valence-electron chi connectivity index (χ2n) is 4.78. The Balaban J connectivity index is 1.97. The van der Waals surface area contributed by atoms with Crippen molar-refractivity contribution in [3.63, 3.8) is 0 Å². The highest BCUT2D eigenvalue weighted by Gasteiger charge is 2.11. The lowest BCUT2D eigenvalue weighted by Gasteiger charge is -2.14. The molecule has 25 heavy (non-hydrogen) atoms. The molecule has 7 nitrogen and oxygen atoms in total. The van der Waals surface area contributed by atoms with E-state index in [1.807, 2.05) is 30.3 Å². The van der Waals surface area contributed by atoms with Crippen molar-refractivity contribution in [3.8, 4) is 17.2 Å². The van der Waals surface area contributed by atoms with Gasteiger partial charge in [0.05, 0.1) is 17.8 Å². The maximum Gasteiger partial charge on any atom is 0.332 e. The number of halogens is 1. The van der Waals surface area contributed by atoms with Gasteiger partial charge in [-0.1, -0.05) is 18.2 Å². The van der Waals surface area contributed by atoms with Gasteiger partial charge in [-0.15, -0.1) is 0 Å². The van der Waals surface area contributed by atoms with E-state index in [0.717, 1.165) is 5.75 Å². The molecule has 0 bridgehead atoms. The molecule has 0 aromatic heterocycles. The molecule has 0 heterocycles. The molecule has 0 fully saturated rings. The number of nitrogens with one attached hydrogen (secondary N) is 1. The van der Waals surface area contributed by atoms with Gasteiger partial charge in [-0.3, -0.25) is 0 Å². The lowest BCUT2D eigenvalue weighted by molar-refractivity contribution is 0.210. The van der Waals surface area contributed by atoms with E-state index in [9.17, 15) is 4.79 Å². The van der Waals surface area contributed by atoms with Crippen molar-refractivity contribution < 1.29 is 19.0 Å². The highest BCUT2D eigenvalue weighted by Crippen LogP contribution is 2.36. The quantitative estimate of drug-likeness (QED) is 0.399. The van der Waals surface area contributed by atoms with Crippen LogP contribution in [0.15, 0.2) is 52.0 Å². The zero-order valence-electron chi connectivity index (χ0n) is 13.6. The number of amides is 2. The highest BCUT2D eigenvalue weighted by molar-refractivity contribution is 9.10. The van der Waals surface area contributed by atoms with Crippen molar-refractivity contribution >= 4 is 28.2 Å². The van der Waals surface area contributed by atoms with Gasteiger partial charge in [0, 0.05) is 0 Å². The largest absolute Gasteiger partial charge is 0.493 e. The number of methoxy groups -OCH3 is 1. The van der Waals surface area contributed by atoms with Gasteiger partial charge in [0.1, 0.15) is 19.0 Å². The lowest BCUT2D eigenvalue weighted by atomic mass is 10.2. The molecule has 2 amide bonds. The van der Waals surface area contributed by atoms with E-state index < -0.39 is 6.03 Å². The minimum Gasteiger partial charge on any atom is -0.493 e. The molecule has 0 saturated carbocycles. The molecule has 0 saturated heterocycles. The number of nitrogens with zero attached hydrogens (tertiary/aromatic N) is 1. The van der Waals surface area contributed by atoms with Gasteiger partial charge in [0.2, 0.25) is 0 Å². The number of benzene rings is 2. The Bertz CT molecular complexity index is 738. The first-order valence-corrected chi connectivity index (χ1v) is 8.16. The van der Waals surface area contributed by atoms with Crippen LogP contribution in [0.1, 0.15) is 5.56 Å². The molecule has 2 aromatic carbocycles. The number of hydrazone groups is 1. The Morgan fingerprint density at radius 2 is 1.96 bits per heavy atom. The fourth-order valence-corrected chi connectivity index (χ4v) is 2.52. The number of carbonyl (C=O) groups excluding carboxylic acids is 1. The van der Waals surface area contributed by atoms with Crippen molar-refractivity contribution in [2.75, 3.05) is 20.3 Å². The molecule has 2 aromatic rings. The Labute approximate surface area is 153 Å². The van der Waals surface area contributed by atoms with E-state index in [1.54, 1.807) is 12.1 Å². The average molecular weight is 408 g/mol. The smallest absolute Gasteiger partial charge is 0.332 e. The molecule has 2 rings (SSSR count). The normalized spacial score (nSPS) is 10.5. The fraction of sp³-hybridized carbons (Fsp3) is 0.176. The summed E-state index contributed by atoms with van der Waals surface area (Å²) >= 11 is 3.44. The predicted octanol–water partition coefficient (Wildman–Crippen LogP) is 2.92. The number of carbonyl (C=O) groups is 1. The molecule has 0 atom stereocenters. The molecular formula is C17H18BrN3O4. The zero-order valence-corrected chi connectivity index (χ0v) is 15.2. The molecule has 0 aliphatic heterocycles. The van der Waals surface area contributed by atoms with Gasteiger partial charge in [-0.05, 0) is 45.8 Å². The summed E-state index contributed by atoms with van der Waals surface area (Å²) in [5.74, 6) is 1.86. The summed E-state index contributed by atoms with van der Waals surface area (Å²) < 4.78 is 17.4. The van der Waals surface area contributed by atoms with Crippen molar-refractivity contribution in [2.24, 2.45) is 10.8 Å². The fourth-order valence-electron chi connectivity index (χ4n) is 1.94. The van der Waals surface area contributed by atoms with Gasteiger partial charge in [-0.25, -0.2) is 10.2 Å². The van der Waals surface area contributed by atoms with Gasteiger partial charge in [0.15, 0.2) is 11.5 Å². The molecule has 3 N–H and O–H groups in total. The first-order chi connectivity index (χ1) is 12.1. The van der Waals surface area contributed by atoms with E-state index >= 15 is 0 Å². The van der Waals surface area contributed by atoms with Crippen LogP contribution in [0, 0.1) is 0 Å². The van der Waals surface area contributed by atoms with Crippen LogP contribution in [-0.2, 0) is 0 Å². The SMILES string of the molecule is COc1cc(C=NNC(N)=O)cc(Br)c1OCCOc1ccccc1. The van der Waals surface area contributed by atoms with Crippen LogP contribution in [0.2, 0.25) is 0 Å². The van der Waals surface area contributed by atoms with Crippen molar-refractivity contribution in [1.29, 1.82) is 0 Å². The number of para-hydroxylation sites is 1. The van der Waals surface area contributed by atoms with Crippen molar-refractivity contribution in [2.45, 2.75) is 0 Å². The third-order valence-electron chi connectivity index (χ3n) is 2.98. The molecule has 8 heteroatoms. The number of ether oxygens (including phenoxy) is 3. The molecular weight excluding hydrogens is 390 g/mol. The molecule has 0 aliphatic carbocycles. The summed E-state index contributed by atoms with van der Waals surface area (Å²) in [4.78, 5) is 10.6. The van der Waals surface area contributed by atoms with E-state index in [4.69, 9.17) is 19.9 Å². The van der Waals surface area contributed by atoms with Crippen LogP contribution in [0.25, 0.3) is 0 Å². The summed E-state index contributed by atoms with van der Waals surface area (Å²) in [6.45, 7) is 0.742. The van der Waals surface area contributed by atoms with Gasteiger partial charge in [0.25, 0.3) is 0 Å². The number of hydrogen-bond donors (Lipinski definition) is 2. The summed E-state index contributed by atoms with van der Waals surface area (Å²) in [6.07, 6.45) is 1.44. The number of nitrogens with two attached hydrogens (primary N) is 1. The lowest BCUT2D eigenvalue weighted by Crippen LogP contribution is -2.24. The van der Waals surface area contributed by atoms with Gasteiger partial charge < -0.3 is 19.9 Å². The number of hydrogen-bond acceptors (Lipinski definition) is 5. The van der Waals surface area contributed by atoms with Crippen LogP contribution in [-0.4, -0.2) is 32.6 Å². The topological polar surface area (TPSA) is 95.2 Å². The van der Waals surface area contributed by atoms with Gasteiger partial charge >= 0.3 is 6.03 Å². The molecule has 0 spiro atoms. The minimum atomic E-state index is -0.736. The van der Waals surface area contributed by atoms with Crippen LogP contribution < -0.4 is 25.4 Å². The van der Waals surface area contributed by atoms with Crippen LogP contribution >= 0.6 is 15.9 Å². The van der Waals surface area contributed by atoms with E-state index in [-0.39, 0.29) is 0 Å². The molecule has 0 aliphatic rings. The number of rotatable bonds is 8. The Morgan fingerprint density at radius 3 is 2.64 bits per heavy atom. The third kappa shape index (κ3) is 6.00. The van der Waals surface area contributed by atoms with Crippen molar-refractivity contribution in [1.82, 2.24) is 5.43 Å². The van der Waals surface area contributed by atoms with Crippen LogP contribution in [0.3, 0.4) is 0 Å². The first kappa shape index (κ1) is 18.6. The molecule has 0 unspecified atom stereocenters. The minimum absolute atomic E-state index is 0.348. The first-order valence-electron chi connectivity index (χ1n) is 7.37. The Hall–Kier alpha value is -2.74. The number of urea groups is 1. The molecule has 132 valence electrons. The average Bonchev–Trinajstić information content (AvgIpc) is 2.60. The second kappa shape index (κ2) is 9.53. The summed E-state index contributed by atoms with van der Waals surface area (Å²) in [5, 5.41) is 3.71. The standard InChI is InChI=1S/C17H18BrN3O4/c1-23-15-10-12(11-20-21-17(19)22)9-14(18)16(15)25-8-7-24-13-5-3-2-4-6-13/h2-6,9-11H,7-8H2,1H3,(H3,19,21,22). The Morgan fingerprint density at radius 1 is 1.24 bits per heavy atom. The Kier molecular flexibility index (Phi) is 7.09. The van der Waals surface area contributed by atoms with Crippen molar-refractivity contribution in [3.05, 3.63) is 52.5 Å². The maximum atomic E-state index is 10.6. The zero-order chi connectivity index (χ0) is 18.1. The van der Waals surface area contributed by atoms with Crippen LogP contribution in [0.5, 0.6) is 17.2 Å². The maximum absolute atomic E-state index is 10.6. The second-order valence-corrected chi connectivity index (χ2v) is 5.63. The van der Waals surface area contributed by atoms with E-state index in [1.165, 1.54) is 13.3 Å². The van der Waals surface area contributed by atoms with Gasteiger partial charge in [-0.2, -0.15) is 5.10 Å². The van der Waals surface area contributed by atoms with E-state index in [2.05, 4.69) is 26.5 Å². The van der Waals surface area contributed by atoms with E-state index in [0.29, 0.717) is 34.7 Å². The summed E-state index contributed by atoms with van der Waals surface area (Å²) in [6, 6.07) is 12.3. The highest BCUT2D eigenvalue weighted by atomic mass is 79.9. The monoisotopic (exact) mass is 407 g/mol.